The molecule has 188 valence electrons. The summed E-state index contributed by atoms with van der Waals surface area (Å²) in [6, 6.07) is 0. The van der Waals surface area contributed by atoms with Gasteiger partial charge in [0.1, 0.15) is 6.79 Å². The van der Waals surface area contributed by atoms with Crippen LogP contribution in [0.25, 0.3) is 0 Å². The Morgan fingerprint density at radius 1 is 1.09 bits per heavy atom. The monoisotopic (exact) mass is 466 g/mol. The quantitative estimate of drug-likeness (QED) is 0.374. The van der Waals surface area contributed by atoms with Crippen LogP contribution in [-0.2, 0) is 23.8 Å². The van der Waals surface area contributed by atoms with Gasteiger partial charge in [-0.25, -0.2) is 4.39 Å². The van der Waals surface area contributed by atoms with E-state index in [1.54, 1.807) is 7.11 Å². The van der Waals surface area contributed by atoms with Crippen LogP contribution < -0.4 is 0 Å². The van der Waals surface area contributed by atoms with Crippen molar-refractivity contribution in [3.8, 4) is 0 Å². The van der Waals surface area contributed by atoms with Crippen molar-refractivity contribution in [2.75, 3.05) is 21.0 Å². The zero-order chi connectivity index (χ0) is 24.0. The van der Waals surface area contributed by atoms with Gasteiger partial charge in [0.05, 0.1) is 13.2 Å². The third-order valence-electron chi connectivity index (χ3n) is 10.7. The molecule has 5 nitrogen and oxygen atoms in total. The number of hydrogen-bond donors (Lipinski definition) is 0. The first-order valence-corrected chi connectivity index (χ1v) is 13.0. The number of alkyl halides is 1. The minimum Gasteiger partial charge on any atom is -0.469 e. The molecular formula is C27H43FO5. The van der Waals surface area contributed by atoms with Crippen LogP contribution in [0.15, 0.2) is 0 Å². The fraction of sp³-hybridized carbons (Fsp3) is 0.926. The number of hydrogen-bond acceptors (Lipinski definition) is 5. The second-order valence-electron chi connectivity index (χ2n) is 11.9. The first-order valence-electron chi connectivity index (χ1n) is 13.0. The van der Waals surface area contributed by atoms with Gasteiger partial charge in [0.2, 0.25) is 0 Å². The van der Waals surface area contributed by atoms with E-state index in [0.717, 1.165) is 32.1 Å². The molecular weight excluding hydrogens is 423 g/mol. The van der Waals surface area contributed by atoms with Gasteiger partial charge in [0.15, 0.2) is 12.0 Å². The summed E-state index contributed by atoms with van der Waals surface area (Å²) in [4.78, 5) is 24.0. The third-order valence-corrected chi connectivity index (χ3v) is 10.7. The van der Waals surface area contributed by atoms with E-state index in [4.69, 9.17) is 14.2 Å². The number of methoxy groups -OCH3 is 2. The zero-order valence-corrected chi connectivity index (χ0v) is 21.1. The van der Waals surface area contributed by atoms with Gasteiger partial charge >= 0.3 is 5.97 Å². The van der Waals surface area contributed by atoms with Crippen molar-refractivity contribution < 1.29 is 28.2 Å². The third kappa shape index (κ3) is 4.17. The van der Waals surface area contributed by atoms with Gasteiger partial charge in [-0.05, 0) is 85.4 Å². The highest BCUT2D eigenvalue weighted by Gasteiger charge is 2.65. The molecule has 0 heterocycles. The maximum Gasteiger partial charge on any atom is 0.305 e. The van der Waals surface area contributed by atoms with E-state index in [2.05, 4.69) is 20.8 Å². The van der Waals surface area contributed by atoms with E-state index in [1.807, 2.05) is 0 Å². The topological polar surface area (TPSA) is 61.8 Å². The highest BCUT2D eigenvalue weighted by atomic mass is 19.1. The smallest absolute Gasteiger partial charge is 0.305 e. The first kappa shape index (κ1) is 25.1. The Morgan fingerprint density at radius 2 is 1.82 bits per heavy atom. The summed E-state index contributed by atoms with van der Waals surface area (Å²) in [7, 11) is 3.09. The Bertz CT molecular complexity index is 742. The van der Waals surface area contributed by atoms with Gasteiger partial charge in [0, 0.05) is 25.9 Å². The van der Waals surface area contributed by atoms with E-state index in [0.29, 0.717) is 48.9 Å². The average molecular weight is 467 g/mol. The average Bonchev–Trinajstić information content (AvgIpc) is 3.16. The SMILES string of the molecule is COCOC1C[C@@H]2[C@@H](F)C(=O)CC[C@]2(C)C2CC[C@@]3(C)C(CC[C@@H]3[C@H](C)CCC(=O)OC)C12. The Kier molecular flexibility index (Phi) is 7.27. The Morgan fingerprint density at radius 3 is 2.52 bits per heavy atom. The number of rotatable bonds is 7. The highest BCUT2D eigenvalue weighted by molar-refractivity contribution is 5.84. The summed E-state index contributed by atoms with van der Waals surface area (Å²) < 4.78 is 31.6. The lowest BCUT2D eigenvalue weighted by atomic mass is 9.43. The van der Waals surface area contributed by atoms with Gasteiger partial charge in [-0.2, -0.15) is 0 Å². The molecule has 0 aromatic heterocycles. The molecule has 4 unspecified atom stereocenters. The van der Waals surface area contributed by atoms with Crippen LogP contribution in [0.4, 0.5) is 4.39 Å². The zero-order valence-electron chi connectivity index (χ0n) is 21.1. The molecule has 0 spiro atoms. The first-order chi connectivity index (χ1) is 15.7. The summed E-state index contributed by atoms with van der Waals surface area (Å²) in [5.74, 6) is 1.72. The van der Waals surface area contributed by atoms with Crippen LogP contribution in [-0.4, -0.2) is 45.0 Å². The van der Waals surface area contributed by atoms with Crippen LogP contribution in [0.2, 0.25) is 0 Å². The fourth-order valence-electron chi connectivity index (χ4n) is 8.97. The Labute approximate surface area is 198 Å². The van der Waals surface area contributed by atoms with Crippen molar-refractivity contribution in [2.24, 2.45) is 46.3 Å². The normalized spacial score (nSPS) is 45.6. The summed E-state index contributed by atoms with van der Waals surface area (Å²) in [5, 5.41) is 0. The number of carbonyl (C=O) groups is 2. The van der Waals surface area contributed by atoms with Crippen molar-refractivity contribution in [1.82, 2.24) is 0 Å². The second-order valence-corrected chi connectivity index (χ2v) is 11.9. The molecule has 0 N–H and O–H groups in total. The van der Waals surface area contributed by atoms with Gasteiger partial charge in [0.25, 0.3) is 0 Å². The summed E-state index contributed by atoms with van der Waals surface area (Å²) >= 11 is 0. The van der Waals surface area contributed by atoms with Crippen molar-refractivity contribution in [2.45, 2.75) is 90.8 Å². The molecule has 0 saturated heterocycles. The van der Waals surface area contributed by atoms with E-state index in [-0.39, 0.29) is 41.4 Å². The van der Waals surface area contributed by atoms with Crippen LogP contribution in [0.5, 0.6) is 0 Å². The molecule has 10 atom stereocenters. The lowest BCUT2D eigenvalue weighted by Crippen LogP contribution is -2.61. The summed E-state index contributed by atoms with van der Waals surface area (Å²) in [6.45, 7) is 7.23. The van der Waals surface area contributed by atoms with E-state index in [9.17, 15) is 9.59 Å². The second kappa shape index (κ2) is 9.56. The molecule has 4 aliphatic rings. The number of ether oxygens (including phenoxy) is 3. The molecule has 4 fully saturated rings. The minimum atomic E-state index is -1.36. The molecule has 0 aliphatic heterocycles. The van der Waals surface area contributed by atoms with Crippen molar-refractivity contribution in [3.05, 3.63) is 0 Å². The molecule has 0 amide bonds. The minimum absolute atomic E-state index is 0.0640. The Hall–Kier alpha value is -1.01. The van der Waals surface area contributed by atoms with Gasteiger partial charge in [-0.3, -0.25) is 9.59 Å². The van der Waals surface area contributed by atoms with Crippen molar-refractivity contribution in [3.63, 3.8) is 0 Å². The van der Waals surface area contributed by atoms with Gasteiger partial charge in [-0.15, -0.1) is 0 Å². The standard InChI is InChI=1S/C27H43FO5/c1-16(6-9-23(30)32-5)17-7-8-18-24-19(10-12-26(17,18)2)27(3)13-11-21(29)25(28)20(27)14-22(24)33-15-31-4/h16-20,22,24-25H,6-15H2,1-5H3/t16-,17-,18?,19?,20-,22?,24?,25-,26-,27-/m1/s1. The van der Waals surface area contributed by atoms with Crippen molar-refractivity contribution >= 4 is 11.8 Å². The van der Waals surface area contributed by atoms with Crippen LogP contribution in [0, 0.1) is 46.3 Å². The maximum absolute atomic E-state index is 15.2. The highest BCUT2D eigenvalue weighted by Crippen LogP contribution is 2.68. The van der Waals surface area contributed by atoms with Gasteiger partial charge < -0.3 is 14.2 Å². The number of Topliss-reactive ketones (excluding diaryl/α,β-unsaturated/α-hetero) is 1. The summed E-state index contributed by atoms with van der Waals surface area (Å²) in [6.07, 6.45) is 6.25. The molecule has 4 rings (SSSR count). The molecule has 0 aromatic rings. The number of esters is 1. The molecule has 4 aliphatic carbocycles. The van der Waals surface area contributed by atoms with Gasteiger partial charge in [-0.1, -0.05) is 20.8 Å². The van der Waals surface area contributed by atoms with E-state index < -0.39 is 6.17 Å². The lowest BCUT2D eigenvalue weighted by Gasteiger charge is -2.62. The van der Waals surface area contributed by atoms with Crippen LogP contribution >= 0.6 is 0 Å². The number of halogens is 1. The molecule has 33 heavy (non-hydrogen) atoms. The van der Waals surface area contributed by atoms with Crippen LogP contribution in [0.3, 0.4) is 0 Å². The molecule has 0 aromatic carbocycles. The Balaban J connectivity index is 1.60. The molecule has 0 bridgehead atoms. The molecule has 6 heteroatoms. The van der Waals surface area contributed by atoms with E-state index >= 15 is 4.39 Å². The predicted octanol–water partition coefficient (Wildman–Crippen LogP) is 5.35. The summed E-state index contributed by atoms with van der Waals surface area (Å²) in [5.41, 5.74) is 0.0645. The van der Waals surface area contributed by atoms with E-state index in [1.165, 1.54) is 13.5 Å². The largest absolute Gasteiger partial charge is 0.469 e. The number of carbonyl (C=O) groups excluding carboxylic acids is 2. The fourth-order valence-corrected chi connectivity index (χ4v) is 8.97. The number of ketones is 1. The van der Waals surface area contributed by atoms with Crippen LogP contribution in [0.1, 0.15) is 78.6 Å². The number of fused-ring (bicyclic) bond motifs is 5. The maximum atomic E-state index is 15.2. The predicted molar refractivity (Wildman–Crippen MR) is 123 cm³/mol. The molecule has 0 radical (unpaired) electrons. The lowest BCUT2D eigenvalue weighted by molar-refractivity contribution is -0.210. The van der Waals surface area contributed by atoms with Crippen molar-refractivity contribution in [1.29, 1.82) is 0 Å². The molecule has 4 saturated carbocycles.